The van der Waals surface area contributed by atoms with Crippen molar-refractivity contribution in [2.45, 2.75) is 55.5 Å². The number of amides is 2. The van der Waals surface area contributed by atoms with Crippen LogP contribution in [0.4, 0.5) is 5.13 Å². The number of hydrogen-bond acceptors (Lipinski definition) is 10. The van der Waals surface area contributed by atoms with Crippen LogP contribution in [-0.4, -0.2) is 77.4 Å². The average Bonchev–Trinajstić information content (AvgIpc) is 3.18. The molecule has 3 atom stereocenters. The van der Waals surface area contributed by atoms with Crippen LogP contribution in [0, 0.1) is 0 Å². The summed E-state index contributed by atoms with van der Waals surface area (Å²) >= 11 is 2.31. The number of rotatable bonds is 7. The number of carbonyl (C=O) groups is 4. The van der Waals surface area contributed by atoms with Crippen LogP contribution in [0.5, 0.6) is 0 Å². The Kier molecular flexibility index (Phi) is 5.65. The van der Waals surface area contributed by atoms with Gasteiger partial charge in [-0.1, -0.05) is 5.16 Å². The Morgan fingerprint density at radius 1 is 1.35 bits per heavy atom. The number of anilines is 1. The summed E-state index contributed by atoms with van der Waals surface area (Å²) in [5, 5.41) is 25.9. The smallest absolute Gasteiger partial charge is 0.350 e. The quantitative estimate of drug-likeness (QED) is 0.238. The molecule has 0 radical (unpaired) electrons. The molecule has 2 aliphatic rings. The van der Waals surface area contributed by atoms with Gasteiger partial charge in [-0.2, -0.15) is 0 Å². The van der Waals surface area contributed by atoms with Crippen LogP contribution in [0.15, 0.2) is 10.5 Å². The van der Waals surface area contributed by atoms with Gasteiger partial charge in [0, 0.05) is 10.1 Å². The van der Waals surface area contributed by atoms with E-state index < -0.39 is 51.6 Å². The first-order valence-corrected chi connectivity index (χ1v) is 10.8. The summed E-state index contributed by atoms with van der Waals surface area (Å²) < 4.78 is -0.749. The Morgan fingerprint density at radius 2 is 2.00 bits per heavy atom. The van der Waals surface area contributed by atoms with Crippen molar-refractivity contribution in [2.24, 2.45) is 5.16 Å². The molecule has 1 aromatic rings. The Balaban J connectivity index is 1.83. The molecule has 12 nitrogen and oxygen atoms in total. The summed E-state index contributed by atoms with van der Waals surface area (Å²) in [6.45, 7) is 5.93. The van der Waals surface area contributed by atoms with Gasteiger partial charge < -0.3 is 31.0 Å². The summed E-state index contributed by atoms with van der Waals surface area (Å²) in [6.07, 6.45) is 0. The van der Waals surface area contributed by atoms with Gasteiger partial charge in [-0.05, 0) is 27.7 Å². The maximum Gasteiger partial charge on any atom is 0.350 e. The fraction of sp³-hybridized carbons (Fsp3) is 0.529. The number of aliphatic carboxylic acids is 2. The fourth-order valence-corrected chi connectivity index (χ4v) is 5.33. The number of carbonyl (C=O) groups excluding carboxylic acids is 2. The van der Waals surface area contributed by atoms with Crippen LogP contribution in [0.25, 0.3) is 0 Å². The standard InChI is InChI=1S/C17H21N5O7S2/c1-16(2,14(27)28)29-21-7(6-5-30-15(18)19-6)10(23)20-8-11(24)22-9(13(25)26)17(3,4)31-12(8)22/h5,8-9,12H,1-4H3,(H2,18,19)(H,20,23)(H,25,26)(H,27,28)/t8-,9+,12-/m1/s1. The van der Waals surface area contributed by atoms with E-state index in [0.717, 1.165) is 11.3 Å². The zero-order valence-electron chi connectivity index (χ0n) is 17.0. The summed E-state index contributed by atoms with van der Waals surface area (Å²) in [5.74, 6) is -3.79. The molecular weight excluding hydrogens is 450 g/mol. The van der Waals surface area contributed by atoms with Gasteiger partial charge in [-0.3, -0.25) is 9.59 Å². The van der Waals surface area contributed by atoms with Crippen molar-refractivity contribution in [1.82, 2.24) is 15.2 Å². The first kappa shape index (κ1) is 22.8. The van der Waals surface area contributed by atoms with E-state index in [1.54, 1.807) is 13.8 Å². The number of β-lactam (4-membered cyclic amide) rings is 1. The van der Waals surface area contributed by atoms with Crippen LogP contribution >= 0.6 is 23.1 Å². The number of oxime groups is 1. The molecule has 0 aromatic carbocycles. The van der Waals surface area contributed by atoms with E-state index >= 15 is 0 Å². The Bertz CT molecular complexity index is 989. The molecule has 14 heteroatoms. The topological polar surface area (TPSA) is 185 Å². The molecule has 2 saturated heterocycles. The monoisotopic (exact) mass is 471 g/mol. The van der Waals surface area contributed by atoms with Gasteiger partial charge in [-0.15, -0.1) is 23.1 Å². The molecule has 168 valence electrons. The van der Waals surface area contributed by atoms with E-state index in [9.17, 15) is 29.4 Å². The van der Waals surface area contributed by atoms with Gasteiger partial charge in [0.05, 0.1) is 0 Å². The Labute approximate surface area is 184 Å². The van der Waals surface area contributed by atoms with Gasteiger partial charge in [0.25, 0.3) is 5.91 Å². The van der Waals surface area contributed by atoms with E-state index in [0.29, 0.717) is 0 Å². The summed E-state index contributed by atoms with van der Waals surface area (Å²) in [6, 6.07) is -2.00. The SMILES string of the molecule is CC(C)(ON=C(C(=O)N[C@@H]1C(=O)N2[C@@H]1SC(C)(C)[C@@H]2C(=O)O)c1csc(N)n1)C(=O)O. The number of nitrogens with one attached hydrogen (secondary N) is 1. The minimum atomic E-state index is -1.73. The fourth-order valence-electron chi connectivity index (χ4n) is 3.15. The minimum Gasteiger partial charge on any atom is -0.480 e. The molecule has 0 spiro atoms. The summed E-state index contributed by atoms with van der Waals surface area (Å²) in [5.41, 5.74) is 3.58. The number of nitrogens with zero attached hydrogens (tertiary/aromatic N) is 3. The lowest BCUT2D eigenvalue weighted by atomic mass is 9.96. The molecule has 1 aromatic heterocycles. The minimum absolute atomic E-state index is 0.0487. The second-order valence-corrected chi connectivity index (χ2v) is 10.6. The Hall–Kier alpha value is -2.87. The Morgan fingerprint density at radius 3 is 2.52 bits per heavy atom. The highest BCUT2D eigenvalue weighted by molar-refractivity contribution is 8.01. The van der Waals surface area contributed by atoms with Gasteiger partial charge in [0.2, 0.25) is 11.5 Å². The van der Waals surface area contributed by atoms with Crippen molar-refractivity contribution in [3.05, 3.63) is 11.1 Å². The molecule has 0 unspecified atom stereocenters. The molecule has 5 N–H and O–H groups in total. The van der Waals surface area contributed by atoms with E-state index in [1.807, 2.05) is 0 Å². The number of nitrogens with two attached hydrogens (primary N) is 1. The molecule has 0 saturated carbocycles. The summed E-state index contributed by atoms with van der Waals surface area (Å²) in [4.78, 5) is 58.6. The highest BCUT2D eigenvalue weighted by atomic mass is 32.2. The van der Waals surface area contributed by atoms with Gasteiger partial charge in [-0.25, -0.2) is 14.6 Å². The van der Waals surface area contributed by atoms with Gasteiger partial charge >= 0.3 is 11.9 Å². The first-order valence-electron chi connectivity index (χ1n) is 9.01. The first-order chi connectivity index (χ1) is 14.3. The normalized spacial score (nSPS) is 24.9. The van der Waals surface area contributed by atoms with Crippen LogP contribution in [0.3, 0.4) is 0 Å². The van der Waals surface area contributed by atoms with Crippen molar-refractivity contribution in [2.75, 3.05) is 5.73 Å². The van der Waals surface area contributed by atoms with Gasteiger partial charge in [0.1, 0.15) is 23.2 Å². The zero-order valence-corrected chi connectivity index (χ0v) is 18.6. The predicted molar refractivity (Wildman–Crippen MR) is 112 cm³/mol. The maximum atomic E-state index is 12.9. The lowest BCUT2D eigenvalue weighted by Gasteiger charge is -2.43. The number of fused-ring (bicyclic) bond motifs is 1. The third-order valence-electron chi connectivity index (χ3n) is 4.82. The largest absolute Gasteiger partial charge is 0.480 e. The molecule has 2 fully saturated rings. The van der Waals surface area contributed by atoms with Crippen LogP contribution in [0.1, 0.15) is 33.4 Å². The third-order valence-corrected chi connectivity index (χ3v) is 7.07. The second kappa shape index (κ2) is 7.67. The van der Waals surface area contributed by atoms with Crippen LogP contribution in [-0.2, 0) is 24.0 Å². The number of nitrogen functional groups attached to an aromatic ring is 1. The van der Waals surface area contributed by atoms with E-state index in [1.165, 1.54) is 35.9 Å². The van der Waals surface area contributed by atoms with Crippen molar-refractivity contribution in [3.63, 3.8) is 0 Å². The molecule has 2 aliphatic heterocycles. The van der Waals surface area contributed by atoms with Crippen molar-refractivity contribution in [3.8, 4) is 0 Å². The number of thiazole rings is 1. The number of hydrogen-bond donors (Lipinski definition) is 4. The van der Waals surface area contributed by atoms with Crippen LogP contribution in [0.2, 0.25) is 0 Å². The molecule has 0 bridgehead atoms. The predicted octanol–water partition coefficient (Wildman–Crippen LogP) is -0.0591. The maximum absolute atomic E-state index is 12.9. The van der Waals surface area contributed by atoms with E-state index in [-0.39, 0.29) is 16.5 Å². The highest BCUT2D eigenvalue weighted by Gasteiger charge is 2.64. The van der Waals surface area contributed by atoms with E-state index in [2.05, 4.69) is 15.5 Å². The number of thioether (sulfide) groups is 1. The lowest BCUT2D eigenvalue weighted by molar-refractivity contribution is -0.161. The molecule has 3 rings (SSSR count). The molecule has 0 aliphatic carbocycles. The second-order valence-electron chi connectivity index (χ2n) is 7.97. The number of carboxylic acids is 2. The van der Waals surface area contributed by atoms with Crippen molar-refractivity contribution in [1.29, 1.82) is 0 Å². The third kappa shape index (κ3) is 4.04. The highest BCUT2D eigenvalue weighted by Crippen LogP contribution is 2.50. The van der Waals surface area contributed by atoms with Crippen molar-refractivity contribution < 1.29 is 34.2 Å². The molecule has 31 heavy (non-hydrogen) atoms. The summed E-state index contributed by atoms with van der Waals surface area (Å²) in [7, 11) is 0. The average molecular weight is 472 g/mol. The lowest BCUT2D eigenvalue weighted by Crippen LogP contribution is -2.71. The van der Waals surface area contributed by atoms with Crippen LogP contribution < -0.4 is 11.1 Å². The van der Waals surface area contributed by atoms with E-state index in [4.69, 9.17) is 10.6 Å². The molecule has 2 amide bonds. The number of carboxylic acid groups (broad SMARTS) is 2. The van der Waals surface area contributed by atoms with Gasteiger partial charge in [0.15, 0.2) is 10.8 Å². The number of aromatic nitrogens is 1. The molecule has 3 heterocycles. The van der Waals surface area contributed by atoms with Crippen molar-refractivity contribution >= 4 is 57.7 Å². The molecular formula is C17H21N5O7S2. The zero-order chi connectivity index (χ0) is 23.3.